The molecule has 6 heteroatoms. The third-order valence-corrected chi connectivity index (χ3v) is 5.15. The third kappa shape index (κ3) is 3.05. The van der Waals surface area contributed by atoms with E-state index in [9.17, 15) is 8.42 Å². The number of benzene rings is 2. The lowest BCUT2D eigenvalue weighted by Gasteiger charge is -2.21. The summed E-state index contributed by atoms with van der Waals surface area (Å²) in [4.78, 5) is 0.202. The number of sulfonamides is 1. The highest BCUT2D eigenvalue weighted by atomic mass is 35.5. The molecule has 0 saturated carbocycles. The normalized spacial score (nSPS) is 14.5. The Morgan fingerprint density at radius 2 is 1.86 bits per heavy atom. The van der Waals surface area contributed by atoms with Crippen molar-refractivity contribution >= 4 is 27.3 Å². The Bertz CT molecular complexity index is 758. The fraction of sp³-hybridized carbons (Fsp3) is 0.200. The van der Waals surface area contributed by atoms with Gasteiger partial charge < -0.3 is 5.32 Å². The van der Waals surface area contributed by atoms with E-state index in [-0.39, 0.29) is 4.90 Å². The van der Waals surface area contributed by atoms with Crippen LogP contribution >= 0.6 is 11.6 Å². The van der Waals surface area contributed by atoms with Gasteiger partial charge in [-0.2, -0.15) is 0 Å². The average molecular weight is 323 g/mol. The van der Waals surface area contributed by atoms with E-state index in [1.54, 1.807) is 18.2 Å². The Hall–Kier alpha value is -1.56. The zero-order chi connectivity index (χ0) is 14.9. The Morgan fingerprint density at radius 1 is 1.10 bits per heavy atom. The molecule has 2 aromatic carbocycles. The molecule has 0 aromatic heterocycles. The lowest BCUT2D eigenvalue weighted by Crippen LogP contribution is -2.25. The molecule has 3 rings (SSSR count). The van der Waals surface area contributed by atoms with E-state index < -0.39 is 10.0 Å². The van der Waals surface area contributed by atoms with E-state index in [2.05, 4.69) is 10.0 Å². The summed E-state index contributed by atoms with van der Waals surface area (Å²) in [6.45, 7) is 1.59. The molecule has 0 fully saturated rings. The first-order valence-corrected chi connectivity index (χ1v) is 8.52. The number of anilines is 1. The van der Waals surface area contributed by atoms with Crippen LogP contribution in [0.5, 0.6) is 0 Å². The van der Waals surface area contributed by atoms with Gasteiger partial charge >= 0.3 is 0 Å². The van der Waals surface area contributed by atoms with Gasteiger partial charge in [-0.1, -0.05) is 23.7 Å². The number of hydrogen-bond acceptors (Lipinski definition) is 3. The summed E-state index contributed by atoms with van der Waals surface area (Å²) in [5.74, 6) is 0. The highest BCUT2D eigenvalue weighted by molar-refractivity contribution is 7.92. The summed E-state index contributed by atoms with van der Waals surface area (Å²) < 4.78 is 27.5. The number of nitrogens with one attached hydrogen (secondary N) is 2. The molecule has 4 nitrogen and oxygen atoms in total. The van der Waals surface area contributed by atoms with Gasteiger partial charge in [0.1, 0.15) is 0 Å². The lowest BCUT2D eigenvalue weighted by molar-refractivity contribution is 0.600. The monoisotopic (exact) mass is 322 g/mol. The van der Waals surface area contributed by atoms with Crippen molar-refractivity contribution in [3.05, 3.63) is 58.6 Å². The molecule has 0 spiro atoms. The van der Waals surface area contributed by atoms with Crippen LogP contribution in [-0.4, -0.2) is 15.0 Å². The molecule has 1 aliphatic heterocycles. The maximum atomic E-state index is 12.4. The summed E-state index contributed by atoms with van der Waals surface area (Å²) in [6.07, 6.45) is 0.909. The molecular weight excluding hydrogens is 308 g/mol. The smallest absolute Gasteiger partial charge is 0.261 e. The van der Waals surface area contributed by atoms with Gasteiger partial charge in [-0.25, -0.2) is 8.42 Å². The van der Waals surface area contributed by atoms with Crippen LogP contribution in [0.25, 0.3) is 0 Å². The van der Waals surface area contributed by atoms with Crippen molar-refractivity contribution in [1.82, 2.24) is 5.32 Å². The van der Waals surface area contributed by atoms with Gasteiger partial charge in [-0.15, -0.1) is 0 Å². The van der Waals surface area contributed by atoms with E-state index in [0.29, 0.717) is 17.3 Å². The predicted molar refractivity (Wildman–Crippen MR) is 84.1 cm³/mol. The van der Waals surface area contributed by atoms with Crippen molar-refractivity contribution in [3.63, 3.8) is 0 Å². The molecule has 110 valence electrons. The standard InChI is InChI=1S/C15H15ClN2O2S/c16-12-4-6-13(7-5-12)21(19,20)18-15-3-1-2-11-8-9-17-10-14(11)15/h1-7,17-18H,8-10H2. The van der Waals surface area contributed by atoms with E-state index >= 15 is 0 Å². The van der Waals surface area contributed by atoms with Gasteiger partial charge in [0.25, 0.3) is 10.0 Å². The molecule has 2 aromatic rings. The SMILES string of the molecule is O=S(=O)(Nc1cccc2c1CNCC2)c1ccc(Cl)cc1. The lowest BCUT2D eigenvalue weighted by atomic mass is 10.00. The van der Waals surface area contributed by atoms with Crippen LogP contribution in [0.4, 0.5) is 5.69 Å². The predicted octanol–water partition coefficient (Wildman–Crippen LogP) is 2.79. The first-order valence-electron chi connectivity index (χ1n) is 6.66. The molecule has 1 aliphatic rings. The largest absolute Gasteiger partial charge is 0.312 e. The van der Waals surface area contributed by atoms with Crippen molar-refractivity contribution < 1.29 is 8.42 Å². The number of fused-ring (bicyclic) bond motifs is 1. The third-order valence-electron chi connectivity index (χ3n) is 3.51. The van der Waals surface area contributed by atoms with E-state index in [4.69, 9.17) is 11.6 Å². The fourth-order valence-electron chi connectivity index (χ4n) is 2.43. The van der Waals surface area contributed by atoms with Crippen molar-refractivity contribution in [2.24, 2.45) is 0 Å². The first kappa shape index (κ1) is 14.4. The van der Waals surface area contributed by atoms with Crippen molar-refractivity contribution in [3.8, 4) is 0 Å². The molecule has 0 atom stereocenters. The van der Waals surface area contributed by atoms with Crippen molar-refractivity contribution in [2.45, 2.75) is 17.9 Å². The van der Waals surface area contributed by atoms with Crippen LogP contribution in [0, 0.1) is 0 Å². The number of rotatable bonds is 3. The van der Waals surface area contributed by atoms with Gasteiger partial charge in [0, 0.05) is 11.6 Å². The molecule has 1 heterocycles. The second kappa shape index (κ2) is 5.67. The molecule has 0 aliphatic carbocycles. The van der Waals surface area contributed by atoms with E-state index in [1.807, 2.05) is 12.1 Å². The minimum atomic E-state index is -3.60. The summed E-state index contributed by atoms with van der Waals surface area (Å²) in [5.41, 5.74) is 2.83. The minimum absolute atomic E-state index is 0.202. The molecule has 0 unspecified atom stereocenters. The highest BCUT2D eigenvalue weighted by Gasteiger charge is 2.18. The Morgan fingerprint density at radius 3 is 2.62 bits per heavy atom. The first-order chi connectivity index (χ1) is 10.1. The van der Waals surface area contributed by atoms with Crippen molar-refractivity contribution in [2.75, 3.05) is 11.3 Å². The fourth-order valence-corrected chi connectivity index (χ4v) is 3.65. The van der Waals surface area contributed by atoms with Crippen LogP contribution < -0.4 is 10.0 Å². The van der Waals surface area contributed by atoms with Crippen LogP contribution in [0.3, 0.4) is 0 Å². The van der Waals surface area contributed by atoms with Crippen LogP contribution in [-0.2, 0) is 23.0 Å². The summed E-state index contributed by atoms with van der Waals surface area (Å²) >= 11 is 5.79. The quantitative estimate of drug-likeness (QED) is 0.913. The zero-order valence-electron chi connectivity index (χ0n) is 11.3. The summed E-state index contributed by atoms with van der Waals surface area (Å²) in [7, 11) is -3.60. The molecule has 0 saturated heterocycles. The Balaban J connectivity index is 1.94. The molecule has 0 radical (unpaired) electrons. The van der Waals surface area contributed by atoms with Crippen LogP contribution in [0.15, 0.2) is 47.4 Å². The molecule has 0 bridgehead atoms. The second-order valence-corrected chi connectivity index (χ2v) is 7.05. The van der Waals surface area contributed by atoms with Crippen molar-refractivity contribution in [1.29, 1.82) is 0 Å². The van der Waals surface area contributed by atoms with Gasteiger partial charge in [0.2, 0.25) is 0 Å². The highest BCUT2D eigenvalue weighted by Crippen LogP contribution is 2.25. The second-order valence-electron chi connectivity index (χ2n) is 4.93. The summed E-state index contributed by atoms with van der Waals surface area (Å²) in [6, 6.07) is 11.8. The topological polar surface area (TPSA) is 58.2 Å². The number of hydrogen-bond donors (Lipinski definition) is 2. The number of halogens is 1. The van der Waals surface area contributed by atoms with E-state index in [1.165, 1.54) is 17.7 Å². The maximum absolute atomic E-state index is 12.4. The van der Waals surface area contributed by atoms with Crippen LogP contribution in [0.2, 0.25) is 5.02 Å². The van der Waals surface area contributed by atoms with Crippen LogP contribution in [0.1, 0.15) is 11.1 Å². The maximum Gasteiger partial charge on any atom is 0.261 e. The minimum Gasteiger partial charge on any atom is -0.312 e. The summed E-state index contributed by atoms with van der Waals surface area (Å²) in [5, 5.41) is 3.77. The zero-order valence-corrected chi connectivity index (χ0v) is 12.8. The molecule has 21 heavy (non-hydrogen) atoms. The van der Waals surface area contributed by atoms with Gasteiger partial charge in [0.15, 0.2) is 0 Å². The van der Waals surface area contributed by atoms with Gasteiger partial charge in [0.05, 0.1) is 10.6 Å². The average Bonchev–Trinajstić information content (AvgIpc) is 2.48. The Kier molecular flexibility index (Phi) is 3.89. The van der Waals surface area contributed by atoms with E-state index in [0.717, 1.165) is 18.5 Å². The van der Waals surface area contributed by atoms with Gasteiger partial charge in [-0.05, 0) is 54.4 Å². The van der Waals surface area contributed by atoms with Gasteiger partial charge in [-0.3, -0.25) is 4.72 Å². The Labute approximate surface area is 129 Å². The molecule has 2 N–H and O–H groups in total. The molecule has 0 amide bonds. The molecular formula is C15H15ClN2O2S.